The van der Waals surface area contributed by atoms with Gasteiger partial charge in [-0.1, -0.05) is 18.2 Å². The number of carbonyl (C=O) groups excluding carboxylic acids is 3. The number of nitrogens with one attached hydrogen (secondary N) is 4. The summed E-state index contributed by atoms with van der Waals surface area (Å²) in [5.74, 6) is -0.270. The standard InChI is InChI=1S/C27H29N5O4/c1-18(33)28-10-11-30-26(34)22-13-21(14-24(15-22)31-23-5-3-2-4-6-23)19-7-9-29-25(16-19)32-27(35)20-8-12-36-17-20/h2-7,9,13-16,20,31H,8,10-12,17H2,1H3,(H,28,33)(H,30,34)(H,29,32,35). The van der Waals surface area contributed by atoms with Crippen molar-refractivity contribution in [3.63, 3.8) is 0 Å². The first-order chi connectivity index (χ1) is 17.5. The number of nitrogens with zero attached hydrogens (tertiary/aromatic N) is 1. The number of pyridine rings is 1. The lowest BCUT2D eigenvalue weighted by Crippen LogP contribution is -2.33. The zero-order chi connectivity index (χ0) is 25.3. The molecule has 1 atom stereocenters. The third kappa shape index (κ3) is 6.89. The van der Waals surface area contributed by atoms with Gasteiger partial charge in [-0.3, -0.25) is 14.4 Å². The summed E-state index contributed by atoms with van der Waals surface area (Å²) in [6, 6.07) is 18.8. The van der Waals surface area contributed by atoms with Crippen molar-refractivity contribution < 1.29 is 19.1 Å². The first kappa shape index (κ1) is 24.9. The number of hydrogen-bond acceptors (Lipinski definition) is 6. The summed E-state index contributed by atoms with van der Waals surface area (Å²) in [5, 5.41) is 11.7. The number of anilines is 3. The van der Waals surface area contributed by atoms with Crippen LogP contribution in [0, 0.1) is 5.92 Å². The summed E-state index contributed by atoms with van der Waals surface area (Å²) in [6.07, 6.45) is 2.32. The van der Waals surface area contributed by atoms with Gasteiger partial charge in [-0.05, 0) is 60.0 Å². The van der Waals surface area contributed by atoms with Crippen molar-refractivity contribution in [2.45, 2.75) is 13.3 Å². The number of amides is 3. The molecule has 36 heavy (non-hydrogen) atoms. The summed E-state index contributed by atoms with van der Waals surface area (Å²) < 4.78 is 5.31. The van der Waals surface area contributed by atoms with Gasteiger partial charge in [0.1, 0.15) is 5.82 Å². The van der Waals surface area contributed by atoms with Crippen LogP contribution in [0.5, 0.6) is 0 Å². The molecular weight excluding hydrogens is 458 g/mol. The SMILES string of the molecule is CC(=O)NCCNC(=O)c1cc(Nc2ccccc2)cc(-c2ccnc(NC(=O)C3CCOC3)c2)c1. The first-order valence-electron chi connectivity index (χ1n) is 11.8. The van der Waals surface area contributed by atoms with Crippen LogP contribution < -0.4 is 21.3 Å². The van der Waals surface area contributed by atoms with Crippen LogP contribution in [0.15, 0.2) is 66.9 Å². The predicted octanol–water partition coefficient (Wildman–Crippen LogP) is 3.33. The molecule has 0 radical (unpaired) electrons. The van der Waals surface area contributed by atoms with E-state index < -0.39 is 0 Å². The van der Waals surface area contributed by atoms with E-state index in [0.717, 1.165) is 22.5 Å². The fourth-order valence-corrected chi connectivity index (χ4v) is 3.85. The normalized spacial score (nSPS) is 14.6. The van der Waals surface area contributed by atoms with E-state index in [2.05, 4.69) is 26.3 Å². The Bertz CT molecular complexity index is 1230. The Morgan fingerprint density at radius 2 is 1.75 bits per heavy atom. The monoisotopic (exact) mass is 487 g/mol. The van der Waals surface area contributed by atoms with Gasteiger partial charge in [-0.25, -0.2) is 4.98 Å². The summed E-state index contributed by atoms with van der Waals surface area (Å²) in [7, 11) is 0. The molecule has 0 bridgehead atoms. The maximum atomic E-state index is 12.9. The average molecular weight is 488 g/mol. The van der Waals surface area contributed by atoms with Gasteiger partial charge < -0.3 is 26.0 Å². The molecule has 2 aromatic carbocycles. The third-order valence-electron chi connectivity index (χ3n) is 5.69. The highest BCUT2D eigenvalue weighted by Crippen LogP contribution is 2.28. The molecule has 4 rings (SSSR count). The molecule has 1 aliphatic rings. The van der Waals surface area contributed by atoms with E-state index >= 15 is 0 Å². The molecule has 0 saturated carbocycles. The molecule has 0 spiro atoms. The Balaban J connectivity index is 1.58. The topological polar surface area (TPSA) is 121 Å². The lowest BCUT2D eigenvalue weighted by atomic mass is 10.0. The van der Waals surface area contributed by atoms with Crippen molar-refractivity contribution in [2.24, 2.45) is 5.92 Å². The minimum atomic E-state index is -0.262. The van der Waals surface area contributed by atoms with Gasteiger partial charge >= 0.3 is 0 Å². The van der Waals surface area contributed by atoms with Crippen LogP contribution in [0.2, 0.25) is 0 Å². The predicted molar refractivity (Wildman–Crippen MR) is 138 cm³/mol. The maximum absolute atomic E-state index is 12.9. The molecule has 1 aliphatic heterocycles. The highest BCUT2D eigenvalue weighted by Gasteiger charge is 2.23. The van der Waals surface area contributed by atoms with Gasteiger partial charge in [0.15, 0.2) is 0 Å². The number of rotatable bonds is 9. The Morgan fingerprint density at radius 3 is 2.50 bits per heavy atom. The van der Waals surface area contributed by atoms with Gasteiger partial charge in [-0.15, -0.1) is 0 Å². The van der Waals surface area contributed by atoms with Crippen molar-refractivity contribution >= 4 is 34.9 Å². The quantitative estimate of drug-likeness (QED) is 0.344. The second-order valence-corrected chi connectivity index (χ2v) is 8.51. The highest BCUT2D eigenvalue weighted by molar-refractivity contribution is 5.97. The molecule has 2 heterocycles. The lowest BCUT2D eigenvalue weighted by Gasteiger charge is -2.14. The molecule has 9 nitrogen and oxygen atoms in total. The zero-order valence-corrected chi connectivity index (χ0v) is 20.0. The molecule has 3 amide bonds. The summed E-state index contributed by atoms with van der Waals surface area (Å²) in [4.78, 5) is 40.8. The molecule has 1 aromatic heterocycles. The van der Waals surface area contributed by atoms with Crippen LogP contribution in [0.1, 0.15) is 23.7 Å². The van der Waals surface area contributed by atoms with Crippen LogP contribution in [0.3, 0.4) is 0 Å². The second-order valence-electron chi connectivity index (χ2n) is 8.51. The van der Waals surface area contributed by atoms with E-state index in [-0.39, 0.29) is 23.6 Å². The average Bonchev–Trinajstić information content (AvgIpc) is 3.42. The molecular formula is C27H29N5O4. The van der Waals surface area contributed by atoms with E-state index in [1.54, 1.807) is 24.4 Å². The van der Waals surface area contributed by atoms with E-state index in [0.29, 0.717) is 44.1 Å². The zero-order valence-electron chi connectivity index (χ0n) is 20.0. The summed E-state index contributed by atoms with van der Waals surface area (Å²) in [5.41, 5.74) is 3.65. The van der Waals surface area contributed by atoms with Crippen LogP contribution in [0.4, 0.5) is 17.2 Å². The van der Waals surface area contributed by atoms with Gasteiger partial charge in [0.05, 0.1) is 12.5 Å². The minimum absolute atomic E-state index is 0.115. The Labute approximate surface area is 209 Å². The van der Waals surface area contributed by atoms with E-state index in [1.807, 2.05) is 42.5 Å². The molecule has 186 valence electrons. The number of aromatic nitrogens is 1. The molecule has 1 saturated heterocycles. The Hall–Kier alpha value is -4.24. The number of ether oxygens (including phenoxy) is 1. The van der Waals surface area contributed by atoms with Crippen molar-refractivity contribution in [1.82, 2.24) is 15.6 Å². The maximum Gasteiger partial charge on any atom is 0.251 e. The van der Waals surface area contributed by atoms with E-state index in [1.165, 1.54) is 6.92 Å². The molecule has 1 fully saturated rings. The molecule has 3 aromatic rings. The number of carbonyl (C=O) groups is 3. The Kier molecular flexibility index (Phi) is 8.25. The van der Waals surface area contributed by atoms with E-state index in [4.69, 9.17) is 4.74 Å². The largest absolute Gasteiger partial charge is 0.381 e. The smallest absolute Gasteiger partial charge is 0.251 e. The van der Waals surface area contributed by atoms with Crippen molar-refractivity contribution in [3.8, 4) is 11.1 Å². The van der Waals surface area contributed by atoms with Crippen LogP contribution in [0.25, 0.3) is 11.1 Å². The van der Waals surface area contributed by atoms with E-state index in [9.17, 15) is 14.4 Å². The summed E-state index contributed by atoms with van der Waals surface area (Å²) in [6.45, 7) is 3.08. The molecule has 0 aliphatic carbocycles. The van der Waals surface area contributed by atoms with Crippen LogP contribution in [-0.2, 0) is 14.3 Å². The van der Waals surface area contributed by atoms with Gasteiger partial charge in [0.2, 0.25) is 11.8 Å². The summed E-state index contributed by atoms with van der Waals surface area (Å²) >= 11 is 0. The first-order valence-corrected chi connectivity index (χ1v) is 11.8. The van der Waals surface area contributed by atoms with Crippen LogP contribution >= 0.6 is 0 Å². The fraction of sp³-hybridized carbons (Fsp3) is 0.259. The number of benzene rings is 2. The number of para-hydroxylation sites is 1. The van der Waals surface area contributed by atoms with Crippen molar-refractivity contribution in [2.75, 3.05) is 36.9 Å². The third-order valence-corrected chi connectivity index (χ3v) is 5.69. The second kappa shape index (κ2) is 11.9. The highest BCUT2D eigenvalue weighted by atomic mass is 16.5. The molecule has 9 heteroatoms. The lowest BCUT2D eigenvalue weighted by molar-refractivity contribution is -0.120. The van der Waals surface area contributed by atoms with Gasteiger partial charge in [0, 0.05) is 49.8 Å². The van der Waals surface area contributed by atoms with Gasteiger partial charge in [0.25, 0.3) is 5.91 Å². The fourth-order valence-electron chi connectivity index (χ4n) is 3.85. The van der Waals surface area contributed by atoms with Crippen molar-refractivity contribution in [1.29, 1.82) is 0 Å². The van der Waals surface area contributed by atoms with Crippen LogP contribution in [-0.4, -0.2) is 49.0 Å². The Morgan fingerprint density at radius 1 is 0.944 bits per heavy atom. The molecule has 1 unspecified atom stereocenters. The van der Waals surface area contributed by atoms with Gasteiger partial charge in [-0.2, -0.15) is 0 Å². The number of hydrogen-bond donors (Lipinski definition) is 4. The minimum Gasteiger partial charge on any atom is -0.381 e. The molecule has 4 N–H and O–H groups in total. The van der Waals surface area contributed by atoms with Crippen molar-refractivity contribution in [3.05, 3.63) is 72.4 Å².